The van der Waals surface area contributed by atoms with Gasteiger partial charge in [-0.1, -0.05) is 6.07 Å². The van der Waals surface area contributed by atoms with Crippen LogP contribution in [-0.4, -0.2) is 33.2 Å². The minimum Gasteiger partial charge on any atom is -0.330 e. The third-order valence-corrected chi connectivity index (χ3v) is 3.45. The molecule has 0 unspecified atom stereocenters. The Balaban J connectivity index is 2.07. The molecule has 0 saturated carbocycles. The topological polar surface area (TPSA) is 129 Å². The normalized spacial score (nSPS) is 12.2. The number of nitrogens with zero attached hydrogens (tertiary/aromatic N) is 4. The summed E-state index contributed by atoms with van der Waals surface area (Å²) in [5.41, 5.74) is 2.36. The summed E-state index contributed by atoms with van der Waals surface area (Å²) in [5, 5.41) is 11.1. The molecule has 0 aliphatic rings. The lowest BCUT2D eigenvalue weighted by Gasteiger charge is -2.07. The third kappa shape index (κ3) is 2.65. The number of benzene rings is 1. The summed E-state index contributed by atoms with van der Waals surface area (Å²) < 4.78 is 28.2. The van der Waals surface area contributed by atoms with E-state index in [0.717, 1.165) is 11.0 Å². The van der Waals surface area contributed by atoms with Crippen LogP contribution in [0.1, 0.15) is 19.9 Å². The minimum absolute atomic E-state index is 0.260. The number of aromatic nitrogens is 5. The summed E-state index contributed by atoms with van der Waals surface area (Å²) >= 11 is 0. The second-order valence-corrected chi connectivity index (χ2v) is 6.11. The van der Waals surface area contributed by atoms with Gasteiger partial charge >= 0.3 is 16.3 Å². The van der Waals surface area contributed by atoms with Gasteiger partial charge in [0, 0.05) is 11.6 Å². The Bertz CT molecular complexity index is 927. The second kappa shape index (κ2) is 5.07. The van der Waals surface area contributed by atoms with Crippen LogP contribution in [0.5, 0.6) is 6.01 Å². The molecule has 2 heterocycles. The maximum Gasteiger partial charge on any atom is 0.382 e. The van der Waals surface area contributed by atoms with Gasteiger partial charge in [-0.2, -0.15) is 18.5 Å². The van der Waals surface area contributed by atoms with Gasteiger partial charge in [0.05, 0.1) is 17.4 Å². The van der Waals surface area contributed by atoms with Crippen LogP contribution in [0.2, 0.25) is 0 Å². The Morgan fingerprint density at radius 2 is 2.14 bits per heavy atom. The number of nitrogens with two attached hydrogens (primary N) is 1. The predicted octanol–water partition coefficient (Wildman–Crippen LogP) is 0.985. The monoisotopic (exact) mass is 322 g/mol. The highest BCUT2D eigenvalue weighted by molar-refractivity contribution is 7.84. The average molecular weight is 322 g/mol. The van der Waals surface area contributed by atoms with Crippen LogP contribution >= 0.6 is 0 Å². The molecule has 9 nitrogen and oxygen atoms in total. The van der Waals surface area contributed by atoms with Gasteiger partial charge in [0.15, 0.2) is 5.82 Å². The maximum atomic E-state index is 10.9. The van der Waals surface area contributed by atoms with Crippen LogP contribution in [0.3, 0.4) is 0 Å². The highest BCUT2D eigenvalue weighted by Gasteiger charge is 2.16. The molecule has 1 aromatic carbocycles. The van der Waals surface area contributed by atoms with E-state index in [2.05, 4.69) is 38.2 Å². The first kappa shape index (κ1) is 14.5. The number of fused-ring (bicyclic) bond motifs is 1. The van der Waals surface area contributed by atoms with E-state index >= 15 is 0 Å². The fourth-order valence-electron chi connectivity index (χ4n) is 2.17. The van der Waals surface area contributed by atoms with E-state index in [0.29, 0.717) is 11.4 Å². The van der Waals surface area contributed by atoms with E-state index in [-0.39, 0.29) is 12.1 Å². The van der Waals surface area contributed by atoms with Gasteiger partial charge in [-0.05, 0) is 26.0 Å². The molecular weight excluding hydrogens is 308 g/mol. The van der Waals surface area contributed by atoms with Gasteiger partial charge in [-0.25, -0.2) is 4.98 Å². The molecule has 0 fully saturated rings. The summed E-state index contributed by atoms with van der Waals surface area (Å²) in [4.78, 5) is 8.36. The van der Waals surface area contributed by atoms with Crippen molar-refractivity contribution in [1.82, 2.24) is 24.7 Å². The largest absolute Gasteiger partial charge is 0.382 e. The van der Waals surface area contributed by atoms with Crippen LogP contribution in [0.25, 0.3) is 22.4 Å². The van der Waals surface area contributed by atoms with Gasteiger partial charge in [0.2, 0.25) is 0 Å². The van der Waals surface area contributed by atoms with Crippen LogP contribution < -0.4 is 9.32 Å². The third-order valence-electron chi connectivity index (χ3n) is 3.07. The number of hydrogen-bond acceptors (Lipinski definition) is 6. The Hall–Kier alpha value is -2.46. The van der Waals surface area contributed by atoms with Gasteiger partial charge < -0.3 is 8.75 Å². The molecule has 3 rings (SSSR count). The van der Waals surface area contributed by atoms with Crippen LogP contribution in [0, 0.1) is 0 Å². The standard InChI is InChI=1S/C12H14N6O3S/c1-7(2)18-6-14-10-8(4-3-5-9(10)18)11-15-12(17-16-11)21-22(13,19)20/h3-7H,1-2H3,(H2,13,19,20)(H,15,16,17). The quantitative estimate of drug-likeness (QED) is 0.736. The molecule has 3 aromatic rings. The van der Waals surface area contributed by atoms with Crippen LogP contribution in [0.15, 0.2) is 24.5 Å². The van der Waals surface area contributed by atoms with Gasteiger partial charge in [-0.15, -0.1) is 5.10 Å². The van der Waals surface area contributed by atoms with E-state index in [1.165, 1.54) is 0 Å². The van der Waals surface area contributed by atoms with Crippen molar-refractivity contribution in [1.29, 1.82) is 0 Å². The molecule has 0 bridgehead atoms. The Kier molecular flexibility index (Phi) is 3.34. The molecule has 2 aromatic heterocycles. The molecule has 0 aliphatic carbocycles. The van der Waals surface area contributed by atoms with E-state index in [9.17, 15) is 8.42 Å². The molecule has 10 heteroatoms. The van der Waals surface area contributed by atoms with E-state index in [4.69, 9.17) is 5.14 Å². The number of hydrogen-bond donors (Lipinski definition) is 2. The fraction of sp³-hybridized carbons (Fsp3) is 0.250. The zero-order valence-electron chi connectivity index (χ0n) is 11.9. The Labute approximate surface area is 126 Å². The first-order valence-electron chi connectivity index (χ1n) is 6.45. The number of H-pyrrole nitrogens is 1. The average Bonchev–Trinajstić information content (AvgIpc) is 3.02. The zero-order chi connectivity index (χ0) is 15.9. The number of para-hydroxylation sites is 1. The lowest BCUT2D eigenvalue weighted by atomic mass is 10.1. The van der Waals surface area contributed by atoms with Crippen molar-refractivity contribution >= 4 is 21.3 Å². The highest BCUT2D eigenvalue weighted by Crippen LogP contribution is 2.27. The molecule has 0 aliphatic heterocycles. The van der Waals surface area contributed by atoms with E-state index < -0.39 is 10.3 Å². The smallest absolute Gasteiger partial charge is 0.330 e. The minimum atomic E-state index is -4.16. The molecule has 0 radical (unpaired) electrons. The van der Waals surface area contributed by atoms with Gasteiger partial charge in [-0.3, -0.25) is 5.10 Å². The molecule has 0 atom stereocenters. The van der Waals surface area contributed by atoms with Gasteiger partial charge in [0.25, 0.3) is 0 Å². The van der Waals surface area contributed by atoms with Crippen molar-refractivity contribution in [2.24, 2.45) is 5.14 Å². The van der Waals surface area contributed by atoms with Crippen LogP contribution in [-0.2, 0) is 10.3 Å². The Morgan fingerprint density at radius 3 is 2.82 bits per heavy atom. The molecule has 116 valence electrons. The van der Waals surface area contributed by atoms with Crippen LogP contribution in [0.4, 0.5) is 0 Å². The fourth-order valence-corrected chi connectivity index (χ4v) is 2.45. The molecule has 22 heavy (non-hydrogen) atoms. The molecular formula is C12H14N6O3S. The maximum absolute atomic E-state index is 10.9. The zero-order valence-corrected chi connectivity index (χ0v) is 12.7. The summed E-state index contributed by atoms with van der Waals surface area (Å²) in [7, 11) is -4.16. The first-order valence-corrected chi connectivity index (χ1v) is 7.93. The van der Waals surface area contributed by atoms with Crippen molar-refractivity contribution in [3.05, 3.63) is 24.5 Å². The first-order chi connectivity index (χ1) is 10.3. The second-order valence-electron chi connectivity index (χ2n) is 4.96. The number of nitrogens with one attached hydrogen (secondary N) is 1. The van der Waals surface area contributed by atoms with Crippen molar-refractivity contribution in [3.8, 4) is 17.4 Å². The Morgan fingerprint density at radius 1 is 1.36 bits per heavy atom. The number of rotatable bonds is 4. The van der Waals surface area contributed by atoms with E-state index in [1.54, 1.807) is 12.4 Å². The molecule has 0 spiro atoms. The van der Waals surface area contributed by atoms with E-state index in [1.807, 2.05) is 16.7 Å². The summed E-state index contributed by atoms with van der Waals surface area (Å²) in [6, 6.07) is 5.51. The van der Waals surface area contributed by atoms with Crippen molar-refractivity contribution < 1.29 is 12.6 Å². The summed E-state index contributed by atoms with van der Waals surface area (Å²) in [5.74, 6) is 0.346. The SMILES string of the molecule is CC(C)n1cnc2c(-c3nc(OS(N)(=O)=O)n[nH]3)cccc21. The lowest BCUT2D eigenvalue weighted by Crippen LogP contribution is -2.19. The predicted molar refractivity (Wildman–Crippen MR) is 79.2 cm³/mol. The van der Waals surface area contributed by atoms with Crippen molar-refractivity contribution in [2.45, 2.75) is 19.9 Å². The molecule has 0 amide bonds. The lowest BCUT2D eigenvalue weighted by molar-refractivity contribution is 0.467. The van der Waals surface area contributed by atoms with Crippen molar-refractivity contribution in [2.75, 3.05) is 0 Å². The summed E-state index contributed by atoms with van der Waals surface area (Å²) in [6.07, 6.45) is 1.75. The molecule has 3 N–H and O–H groups in total. The highest BCUT2D eigenvalue weighted by atomic mass is 32.2. The van der Waals surface area contributed by atoms with Gasteiger partial charge in [0.1, 0.15) is 0 Å². The van der Waals surface area contributed by atoms with Crippen molar-refractivity contribution in [3.63, 3.8) is 0 Å². The number of imidazole rings is 1. The number of aromatic amines is 1. The summed E-state index contributed by atoms with van der Waals surface area (Å²) in [6.45, 7) is 4.11. The molecule has 0 saturated heterocycles.